The lowest BCUT2D eigenvalue weighted by Gasteiger charge is -2.39. The highest BCUT2D eigenvalue weighted by molar-refractivity contribution is 7.17. The van der Waals surface area contributed by atoms with E-state index in [2.05, 4.69) is 38.8 Å². The SMILES string of the molecule is CCOC(=O)c1sc(N2CC[C@@H](NC(=O)c3[nH]c(C)c(Cl)c3Cl)[C@@H](OC)C2)nc1-c1cnc(N2CCN(C(CC)CC)CC2)cn1. The van der Waals surface area contributed by atoms with Gasteiger partial charge >= 0.3 is 5.97 Å². The lowest BCUT2D eigenvalue weighted by Crippen LogP contribution is -2.55. The second-order valence-corrected chi connectivity index (χ2v) is 13.2. The molecule has 2 fully saturated rings. The molecule has 0 unspecified atom stereocenters. The molecular weight excluding hydrogens is 651 g/mol. The minimum Gasteiger partial charge on any atom is -0.462 e. The number of ether oxygens (including phenoxy) is 2. The Labute approximate surface area is 283 Å². The average molecular weight is 694 g/mol. The molecule has 0 aromatic carbocycles. The molecule has 2 N–H and O–H groups in total. The van der Waals surface area contributed by atoms with Crippen molar-refractivity contribution in [2.45, 2.75) is 65.1 Å². The fourth-order valence-electron chi connectivity index (χ4n) is 6.14. The van der Waals surface area contributed by atoms with Crippen LogP contribution < -0.4 is 15.1 Å². The highest BCUT2D eigenvalue weighted by atomic mass is 35.5. The summed E-state index contributed by atoms with van der Waals surface area (Å²) in [5, 5.41) is 4.20. The number of methoxy groups -OCH3 is 1. The molecule has 5 heterocycles. The number of aryl methyl sites for hydroxylation is 1. The first-order valence-electron chi connectivity index (χ1n) is 15.8. The minimum absolute atomic E-state index is 0.195. The zero-order chi connectivity index (χ0) is 33.0. The number of amides is 1. The summed E-state index contributed by atoms with van der Waals surface area (Å²) >= 11 is 13.7. The van der Waals surface area contributed by atoms with Crippen molar-refractivity contribution in [3.8, 4) is 11.4 Å². The van der Waals surface area contributed by atoms with E-state index < -0.39 is 5.97 Å². The van der Waals surface area contributed by atoms with E-state index in [4.69, 9.17) is 47.6 Å². The minimum atomic E-state index is -0.452. The first kappa shape index (κ1) is 34.4. The number of aromatic nitrogens is 4. The molecule has 12 nitrogen and oxygen atoms in total. The zero-order valence-electron chi connectivity index (χ0n) is 26.9. The standard InChI is InChI=1S/C31H42Cl2N8O4S/c1-6-19(7-2)39-11-13-40(14-12-39)23-16-34-21(15-35-23)26-28(30(43)45-8-3)46-31(38-26)41-10-9-20(22(17-41)44-5)37-29(42)27-25(33)24(32)18(4)36-27/h15-16,19-20,22,36H,6-14,17H2,1-5H3,(H,37,42)/t20-,22+/m1/s1. The topological polar surface area (TPSA) is 129 Å². The fraction of sp³-hybridized carbons (Fsp3) is 0.581. The van der Waals surface area contributed by atoms with E-state index >= 15 is 0 Å². The molecule has 0 bridgehead atoms. The van der Waals surface area contributed by atoms with Crippen molar-refractivity contribution in [3.63, 3.8) is 0 Å². The van der Waals surface area contributed by atoms with Gasteiger partial charge in [-0.25, -0.2) is 19.7 Å². The fourth-order valence-corrected chi connectivity index (χ4v) is 7.56. The Hall–Kier alpha value is -2.97. The number of H-pyrrole nitrogens is 1. The van der Waals surface area contributed by atoms with E-state index in [-0.39, 0.29) is 35.4 Å². The third-order valence-corrected chi connectivity index (χ3v) is 10.8. The van der Waals surface area contributed by atoms with Crippen molar-refractivity contribution in [3.05, 3.63) is 38.7 Å². The third-order valence-electron chi connectivity index (χ3n) is 8.78. The monoisotopic (exact) mass is 692 g/mol. The van der Waals surface area contributed by atoms with Gasteiger partial charge in [0.05, 0.1) is 41.2 Å². The molecule has 2 atom stereocenters. The van der Waals surface area contributed by atoms with Crippen molar-refractivity contribution in [1.82, 2.24) is 30.2 Å². The number of halogens is 2. The molecule has 15 heteroatoms. The molecule has 2 aliphatic heterocycles. The van der Waals surface area contributed by atoms with E-state index in [9.17, 15) is 9.59 Å². The number of thiazole rings is 1. The summed E-state index contributed by atoms with van der Waals surface area (Å²) < 4.78 is 11.2. The number of hydrogen-bond donors (Lipinski definition) is 2. The molecule has 250 valence electrons. The number of piperidine rings is 1. The molecule has 46 heavy (non-hydrogen) atoms. The molecule has 0 aliphatic carbocycles. The molecule has 0 radical (unpaired) electrons. The highest BCUT2D eigenvalue weighted by Gasteiger charge is 2.34. The summed E-state index contributed by atoms with van der Waals surface area (Å²) in [6, 6.07) is 0.346. The summed E-state index contributed by atoms with van der Waals surface area (Å²) in [5.74, 6) is 0.00901. The number of nitrogens with one attached hydrogen (secondary N) is 2. The number of esters is 1. The Morgan fingerprint density at radius 1 is 1.07 bits per heavy atom. The van der Waals surface area contributed by atoms with Crippen LogP contribution in [0.5, 0.6) is 0 Å². The maximum Gasteiger partial charge on any atom is 0.350 e. The molecule has 3 aromatic rings. The third kappa shape index (κ3) is 7.28. The van der Waals surface area contributed by atoms with Crippen LogP contribution >= 0.6 is 34.5 Å². The molecule has 0 saturated carbocycles. The normalized spacial score (nSPS) is 19.1. The summed E-state index contributed by atoms with van der Waals surface area (Å²) in [6.07, 6.45) is 6.00. The number of nitrogens with zero attached hydrogens (tertiary/aromatic N) is 6. The lowest BCUT2D eigenvalue weighted by atomic mass is 10.0. The number of piperazine rings is 1. The molecule has 5 rings (SSSR count). The van der Waals surface area contributed by atoms with Crippen molar-refractivity contribution >= 4 is 57.4 Å². The van der Waals surface area contributed by atoms with Gasteiger partial charge in [0.25, 0.3) is 5.91 Å². The first-order valence-corrected chi connectivity index (χ1v) is 17.4. The number of rotatable bonds is 11. The van der Waals surface area contributed by atoms with Gasteiger partial charge in [-0.05, 0) is 33.1 Å². The molecule has 0 spiro atoms. The summed E-state index contributed by atoms with van der Waals surface area (Å²) in [4.78, 5) is 50.5. The van der Waals surface area contributed by atoms with Crippen molar-refractivity contribution in [1.29, 1.82) is 0 Å². The van der Waals surface area contributed by atoms with Crippen LogP contribution in [-0.2, 0) is 9.47 Å². The predicted molar refractivity (Wildman–Crippen MR) is 182 cm³/mol. The van der Waals surface area contributed by atoms with E-state index in [0.29, 0.717) is 57.7 Å². The van der Waals surface area contributed by atoms with E-state index in [1.54, 1.807) is 33.4 Å². The van der Waals surface area contributed by atoms with E-state index in [0.717, 1.165) is 44.8 Å². The van der Waals surface area contributed by atoms with Crippen LogP contribution in [0.3, 0.4) is 0 Å². The van der Waals surface area contributed by atoms with Crippen molar-refractivity contribution in [2.75, 3.05) is 62.8 Å². The summed E-state index contributed by atoms with van der Waals surface area (Å²) in [7, 11) is 1.61. The van der Waals surface area contributed by atoms with Crippen LogP contribution in [-0.4, -0.2) is 108 Å². The number of carbonyl (C=O) groups excluding carboxylic acids is 2. The Bertz CT molecular complexity index is 1500. The van der Waals surface area contributed by atoms with Crippen LogP contribution in [0.1, 0.15) is 65.9 Å². The van der Waals surface area contributed by atoms with Crippen LogP contribution in [0.25, 0.3) is 11.4 Å². The second kappa shape index (κ2) is 15.3. The molecule has 1 amide bonds. The molecule has 3 aromatic heterocycles. The van der Waals surface area contributed by atoms with Gasteiger partial charge in [-0.3, -0.25) is 9.69 Å². The van der Waals surface area contributed by atoms with Gasteiger partial charge in [-0.15, -0.1) is 0 Å². The predicted octanol–water partition coefficient (Wildman–Crippen LogP) is 5.05. The Morgan fingerprint density at radius 2 is 1.80 bits per heavy atom. The average Bonchev–Trinajstić information content (AvgIpc) is 3.63. The summed E-state index contributed by atoms with van der Waals surface area (Å²) in [6.45, 7) is 13.1. The van der Waals surface area contributed by atoms with E-state index in [1.165, 1.54) is 11.3 Å². The van der Waals surface area contributed by atoms with E-state index in [1.807, 2.05) is 0 Å². The maximum absolute atomic E-state index is 13.0. The van der Waals surface area contributed by atoms with Gasteiger partial charge in [0.15, 0.2) is 5.13 Å². The van der Waals surface area contributed by atoms with Crippen molar-refractivity contribution in [2.24, 2.45) is 0 Å². The maximum atomic E-state index is 13.0. The van der Waals surface area contributed by atoms with Gasteiger partial charge in [-0.1, -0.05) is 48.4 Å². The summed E-state index contributed by atoms with van der Waals surface area (Å²) in [5.41, 5.74) is 1.80. The molecule has 2 saturated heterocycles. The van der Waals surface area contributed by atoms with Gasteiger partial charge < -0.3 is 29.6 Å². The second-order valence-electron chi connectivity index (χ2n) is 11.5. The van der Waals surface area contributed by atoms with Crippen LogP contribution in [0.2, 0.25) is 10.0 Å². The molecule has 2 aliphatic rings. The smallest absolute Gasteiger partial charge is 0.350 e. The van der Waals surface area contributed by atoms with Crippen LogP contribution in [0.15, 0.2) is 12.4 Å². The largest absolute Gasteiger partial charge is 0.462 e. The molecular formula is C31H42Cl2N8O4S. The number of carbonyl (C=O) groups is 2. The number of aromatic amines is 1. The number of anilines is 2. The van der Waals surface area contributed by atoms with Gasteiger partial charge in [0.1, 0.15) is 27.8 Å². The quantitative estimate of drug-likeness (QED) is 0.263. The number of hydrogen-bond acceptors (Lipinski definition) is 11. The van der Waals surface area contributed by atoms with Gasteiger partial charge in [0, 0.05) is 58.1 Å². The Balaban J connectivity index is 1.30. The highest BCUT2D eigenvalue weighted by Crippen LogP contribution is 2.35. The van der Waals surface area contributed by atoms with Crippen LogP contribution in [0, 0.1) is 6.92 Å². The first-order chi connectivity index (χ1) is 22.2. The Morgan fingerprint density at radius 3 is 2.39 bits per heavy atom. The van der Waals surface area contributed by atoms with Gasteiger partial charge in [0.2, 0.25) is 0 Å². The van der Waals surface area contributed by atoms with Gasteiger partial charge in [-0.2, -0.15) is 0 Å². The Kier molecular flexibility index (Phi) is 11.4. The lowest BCUT2D eigenvalue weighted by molar-refractivity contribution is 0.0531. The van der Waals surface area contributed by atoms with Crippen molar-refractivity contribution < 1.29 is 19.1 Å². The van der Waals surface area contributed by atoms with Crippen LogP contribution in [0.4, 0.5) is 10.9 Å². The zero-order valence-corrected chi connectivity index (χ0v) is 29.3.